The van der Waals surface area contributed by atoms with Crippen molar-refractivity contribution in [2.75, 3.05) is 20.3 Å². The van der Waals surface area contributed by atoms with Crippen LogP contribution in [0.1, 0.15) is 29.9 Å². The lowest BCUT2D eigenvalue weighted by molar-refractivity contribution is 0.0853. The average Bonchev–Trinajstić information content (AvgIpc) is 2.45. The van der Waals surface area contributed by atoms with Crippen LogP contribution in [0, 0.1) is 0 Å². The molecule has 1 aromatic rings. The van der Waals surface area contributed by atoms with E-state index in [0.29, 0.717) is 12.5 Å². The fraction of sp³-hybridized carbons (Fsp3) is 0.500. The Labute approximate surface area is 107 Å². The average molecular weight is 247 g/mol. The van der Waals surface area contributed by atoms with Gasteiger partial charge in [0.25, 0.3) is 0 Å². The molecular formula is C14H17NO3. The lowest BCUT2D eigenvalue weighted by Gasteiger charge is -2.23. The molecule has 0 unspecified atom stereocenters. The van der Waals surface area contributed by atoms with Crippen LogP contribution in [0.25, 0.3) is 0 Å². The van der Waals surface area contributed by atoms with Gasteiger partial charge in [-0.05, 0) is 36.5 Å². The summed E-state index contributed by atoms with van der Waals surface area (Å²) in [6, 6.07) is 6.11. The summed E-state index contributed by atoms with van der Waals surface area (Å²) >= 11 is 0. The molecule has 0 aromatic heterocycles. The Morgan fingerprint density at radius 3 is 2.89 bits per heavy atom. The van der Waals surface area contributed by atoms with Crippen molar-refractivity contribution >= 4 is 6.08 Å². The predicted octanol–water partition coefficient (Wildman–Crippen LogP) is 2.43. The zero-order chi connectivity index (χ0) is 12.8. The van der Waals surface area contributed by atoms with Crippen LogP contribution in [0.5, 0.6) is 5.75 Å². The lowest BCUT2D eigenvalue weighted by atomic mass is 9.90. The molecule has 1 aromatic carbocycles. The number of rotatable bonds is 4. The monoisotopic (exact) mass is 247 g/mol. The van der Waals surface area contributed by atoms with E-state index in [-0.39, 0.29) is 0 Å². The maximum Gasteiger partial charge on any atom is 0.235 e. The molecular weight excluding hydrogens is 230 g/mol. The van der Waals surface area contributed by atoms with Gasteiger partial charge in [-0.3, -0.25) is 0 Å². The smallest absolute Gasteiger partial charge is 0.235 e. The van der Waals surface area contributed by atoms with Crippen molar-refractivity contribution < 1.29 is 14.3 Å². The lowest BCUT2D eigenvalue weighted by Crippen LogP contribution is -2.14. The molecule has 0 radical (unpaired) electrons. The molecule has 0 N–H and O–H groups in total. The van der Waals surface area contributed by atoms with Crippen molar-refractivity contribution in [2.24, 2.45) is 4.99 Å². The van der Waals surface area contributed by atoms with E-state index in [1.54, 1.807) is 13.2 Å². The Morgan fingerprint density at radius 2 is 2.22 bits per heavy atom. The van der Waals surface area contributed by atoms with E-state index in [0.717, 1.165) is 37.4 Å². The molecule has 1 aliphatic heterocycles. The minimum atomic E-state index is 0.323. The Morgan fingerprint density at radius 1 is 1.44 bits per heavy atom. The molecule has 0 bridgehead atoms. The molecule has 0 aliphatic carbocycles. The van der Waals surface area contributed by atoms with Gasteiger partial charge in [0.2, 0.25) is 6.08 Å². The molecule has 1 aliphatic rings. The molecule has 4 heteroatoms. The number of methoxy groups -OCH3 is 1. The van der Waals surface area contributed by atoms with E-state index in [1.165, 1.54) is 5.56 Å². The van der Waals surface area contributed by atoms with Gasteiger partial charge in [-0.25, -0.2) is 9.79 Å². The van der Waals surface area contributed by atoms with Gasteiger partial charge in [0.05, 0.1) is 13.7 Å². The highest BCUT2D eigenvalue weighted by atomic mass is 16.5. The van der Waals surface area contributed by atoms with E-state index in [1.807, 2.05) is 6.07 Å². The fourth-order valence-electron chi connectivity index (χ4n) is 2.32. The maximum atomic E-state index is 10.2. The summed E-state index contributed by atoms with van der Waals surface area (Å²) in [4.78, 5) is 13.8. The van der Waals surface area contributed by atoms with Crippen LogP contribution in [-0.4, -0.2) is 26.4 Å². The first-order valence-corrected chi connectivity index (χ1v) is 6.13. The van der Waals surface area contributed by atoms with E-state index < -0.39 is 0 Å². The van der Waals surface area contributed by atoms with E-state index in [4.69, 9.17) is 9.47 Å². The van der Waals surface area contributed by atoms with Gasteiger partial charge in [0.1, 0.15) is 5.75 Å². The summed E-state index contributed by atoms with van der Waals surface area (Å²) in [5, 5.41) is 0. The van der Waals surface area contributed by atoms with Crippen molar-refractivity contribution in [3.8, 4) is 5.75 Å². The minimum Gasteiger partial charge on any atom is -0.496 e. The summed E-state index contributed by atoms with van der Waals surface area (Å²) in [6.45, 7) is 1.96. The van der Waals surface area contributed by atoms with Crippen molar-refractivity contribution in [1.29, 1.82) is 0 Å². The normalized spacial score (nSPS) is 16.1. The standard InChI is InChI=1S/C14H17NO3/c1-17-14-3-2-12(8-13(14)9-15-10-16)11-4-6-18-7-5-11/h2-3,8,11H,4-7,9H2,1H3. The van der Waals surface area contributed by atoms with Crippen molar-refractivity contribution in [3.05, 3.63) is 29.3 Å². The quantitative estimate of drug-likeness (QED) is 0.606. The third-order valence-electron chi connectivity index (χ3n) is 3.31. The van der Waals surface area contributed by atoms with Crippen LogP contribution in [0.2, 0.25) is 0 Å². The Bertz CT molecular complexity index is 446. The van der Waals surface area contributed by atoms with E-state index >= 15 is 0 Å². The number of ether oxygens (including phenoxy) is 2. The first kappa shape index (κ1) is 12.8. The minimum absolute atomic E-state index is 0.323. The van der Waals surface area contributed by atoms with Crippen LogP contribution in [0.4, 0.5) is 0 Å². The highest BCUT2D eigenvalue weighted by Crippen LogP contribution is 2.30. The molecule has 0 spiro atoms. The highest BCUT2D eigenvalue weighted by Gasteiger charge is 2.17. The highest BCUT2D eigenvalue weighted by molar-refractivity contribution is 5.41. The molecule has 4 nitrogen and oxygen atoms in total. The number of hydrogen-bond acceptors (Lipinski definition) is 4. The second-order valence-electron chi connectivity index (χ2n) is 4.37. The number of hydrogen-bond donors (Lipinski definition) is 0. The molecule has 1 fully saturated rings. The van der Waals surface area contributed by atoms with Crippen molar-refractivity contribution in [1.82, 2.24) is 0 Å². The van der Waals surface area contributed by atoms with Gasteiger partial charge >= 0.3 is 0 Å². The second-order valence-corrected chi connectivity index (χ2v) is 4.37. The van der Waals surface area contributed by atoms with Crippen LogP contribution in [0.3, 0.4) is 0 Å². The van der Waals surface area contributed by atoms with Gasteiger partial charge in [0.15, 0.2) is 0 Å². The Hall–Kier alpha value is -1.64. The summed E-state index contributed by atoms with van der Waals surface area (Å²) in [5.74, 6) is 1.30. The third-order valence-corrected chi connectivity index (χ3v) is 3.31. The zero-order valence-corrected chi connectivity index (χ0v) is 10.5. The van der Waals surface area contributed by atoms with Gasteiger partial charge < -0.3 is 9.47 Å². The molecule has 0 saturated carbocycles. The Kier molecular flexibility index (Phi) is 4.51. The fourth-order valence-corrected chi connectivity index (χ4v) is 2.32. The first-order valence-electron chi connectivity index (χ1n) is 6.13. The molecule has 18 heavy (non-hydrogen) atoms. The van der Waals surface area contributed by atoms with Crippen LogP contribution < -0.4 is 4.74 Å². The topological polar surface area (TPSA) is 47.9 Å². The molecule has 0 amide bonds. The maximum absolute atomic E-state index is 10.2. The number of carbonyl (C=O) groups excluding carboxylic acids is 1. The largest absolute Gasteiger partial charge is 0.496 e. The molecule has 1 saturated heterocycles. The van der Waals surface area contributed by atoms with Gasteiger partial charge in [0, 0.05) is 18.8 Å². The number of isocyanates is 1. The third kappa shape index (κ3) is 2.97. The molecule has 96 valence electrons. The number of aliphatic imine (C=N–C) groups is 1. The predicted molar refractivity (Wildman–Crippen MR) is 67.6 cm³/mol. The van der Waals surface area contributed by atoms with Gasteiger partial charge in [-0.2, -0.15) is 0 Å². The summed E-state index contributed by atoms with van der Waals surface area (Å²) in [5.41, 5.74) is 2.21. The van der Waals surface area contributed by atoms with Crippen LogP contribution in [0.15, 0.2) is 23.2 Å². The Balaban J connectivity index is 2.23. The second kappa shape index (κ2) is 6.34. The van der Waals surface area contributed by atoms with Crippen molar-refractivity contribution in [2.45, 2.75) is 25.3 Å². The summed E-state index contributed by atoms with van der Waals surface area (Å²) in [6.07, 6.45) is 3.65. The van der Waals surface area contributed by atoms with Crippen LogP contribution >= 0.6 is 0 Å². The molecule has 1 heterocycles. The van der Waals surface area contributed by atoms with Crippen molar-refractivity contribution in [3.63, 3.8) is 0 Å². The summed E-state index contributed by atoms with van der Waals surface area (Å²) < 4.78 is 10.6. The first-order chi connectivity index (χ1) is 8.85. The summed E-state index contributed by atoms with van der Waals surface area (Å²) in [7, 11) is 1.62. The number of nitrogens with zero attached hydrogens (tertiary/aromatic N) is 1. The zero-order valence-electron chi connectivity index (χ0n) is 10.5. The molecule has 2 rings (SSSR count). The van der Waals surface area contributed by atoms with E-state index in [9.17, 15) is 4.79 Å². The number of benzene rings is 1. The van der Waals surface area contributed by atoms with Gasteiger partial charge in [-0.15, -0.1) is 0 Å². The van der Waals surface area contributed by atoms with Gasteiger partial charge in [-0.1, -0.05) is 6.07 Å². The van der Waals surface area contributed by atoms with Crippen LogP contribution in [-0.2, 0) is 16.1 Å². The molecule has 0 atom stereocenters. The SMILES string of the molecule is COc1ccc(C2CCOCC2)cc1CN=C=O. The van der Waals surface area contributed by atoms with E-state index in [2.05, 4.69) is 17.1 Å².